The van der Waals surface area contributed by atoms with Crippen molar-refractivity contribution in [2.75, 3.05) is 7.11 Å². The summed E-state index contributed by atoms with van der Waals surface area (Å²) in [7, 11) is 1.60. The molecule has 1 N–H and O–H groups in total. The Kier molecular flexibility index (Phi) is 3.53. The van der Waals surface area contributed by atoms with E-state index in [2.05, 4.69) is 0 Å². The number of rotatable bonds is 2. The fourth-order valence-electron chi connectivity index (χ4n) is 1.66. The molecule has 4 atom stereocenters. The van der Waals surface area contributed by atoms with Crippen LogP contribution in [0.5, 0.6) is 0 Å². The van der Waals surface area contributed by atoms with Gasteiger partial charge >= 0.3 is 0 Å². The Bertz CT molecular complexity index is 187. The smallest absolute Gasteiger partial charge is 0.184 e. The number of aliphatic hydroxyl groups is 1. The molecule has 4 unspecified atom stereocenters. The first kappa shape index (κ1) is 11.9. The third kappa shape index (κ3) is 2.67. The van der Waals surface area contributed by atoms with Crippen LogP contribution in [-0.2, 0) is 14.2 Å². The molecular weight excluding hydrogens is 184 g/mol. The van der Waals surface area contributed by atoms with E-state index in [0.29, 0.717) is 0 Å². The molecule has 1 aliphatic rings. The minimum atomic E-state index is -0.894. The maximum Gasteiger partial charge on any atom is 0.184 e. The number of ether oxygens (including phenoxy) is 3. The van der Waals surface area contributed by atoms with Crippen LogP contribution in [0.25, 0.3) is 0 Å². The summed E-state index contributed by atoms with van der Waals surface area (Å²) < 4.78 is 16.2. The fraction of sp³-hybridized carbons (Fsp3) is 1.00. The van der Waals surface area contributed by atoms with Crippen molar-refractivity contribution in [2.24, 2.45) is 0 Å². The summed E-state index contributed by atoms with van der Waals surface area (Å²) in [6, 6.07) is 0. The van der Waals surface area contributed by atoms with Crippen molar-refractivity contribution in [3.63, 3.8) is 0 Å². The quantitative estimate of drug-likeness (QED) is 0.726. The standard InChI is InChI=1S/C10H20O4/c1-6-7(12-5)8(9(11)13-6)14-10(2,3)4/h6-9,11H,1-5H3. The van der Waals surface area contributed by atoms with Crippen LogP contribution in [0.4, 0.5) is 0 Å². The Labute approximate surface area is 85.2 Å². The van der Waals surface area contributed by atoms with E-state index in [1.165, 1.54) is 0 Å². The van der Waals surface area contributed by atoms with Crippen molar-refractivity contribution < 1.29 is 19.3 Å². The third-order valence-corrected chi connectivity index (χ3v) is 2.18. The van der Waals surface area contributed by atoms with Crippen molar-refractivity contribution in [2.45, 2.75) is 57.9 Å². The summed E-state index contributed by atoms with van der Waals surface area (Å²) >= 11 is 0. The summed E-state index contributed by atoms with van der Waals surface area (Å²) in [5, 5.41) is 9.60. The maximum absolute atomic E-state index is 9.60. The van der Waals surface area contributed by atoms with Crippen molar-refractivity contribution in [3.05, 3.63) is 0 Å². The molecule has 0 aliphatic carbocycles. The Morgan fingerprint density at radius 1 is 1.21 bits per heavy atom. The van der Waals surface area contributed by atoms with Gasteiger partial charge < -0.3 is 19.3 Å². The second-order valence-electron chi connectivity index (χ2n) is 4.63. The van der Waals surface area contributed by atoms with Gasteiger partial charge in [-0.15, -0.1) is 0 Å². The van der Waals surface area contributed by atoms with E-state index >= 15 is 0 Å². The highest BCUT2D eigenvalue weighted by atomic mass is 16.7. The molecule has 14 heavy (non-hydrogen) atoms. The molecule has 0 saturated carbocycles. The minimum Gasteiger partial charge on any atom is -0.376 e. The first-order valence-corrected chi connectivity index (χ1v) is 4.89. The van der Waals surface area contributed by atoms with Crippen LogP contribution in [0.3, 0.4) is 0 Å². The van der Waals surface area contributed by atoms with Gasteiger partial charge in [0.1, 0.15) is 12.2 Å². The summed E-state index contributed by atoms with van der Waals surface area (Å²) in [4.78, 5) is 0. The summed E-state index contributed by atoms with van der Waals surface area (Å²) in [6.07, 6.45) is -1.64. The largest absolute Gasteiger partial charge is 0.376 e. The molecule has 84 valence electrons. The Morgan fingerprint density at radius 3 is 2.21 bits per heavy atom. The highest BCUT2D eigenvalue weighted by Gasteiger charge is 2.44. The molecule has 0 radical (unpaired) electrons. The second-order valence-corrected chi connectivity index (χ2v) is 4.63. The predicted molar refractivity (Wildman–Crippen MR) is 52.0 cm³/mol. The number of hydrogen-bond donors (Lipinski definition) is 1. The van der Waals surface area contributed by atoms with E-state index in [9.17, 15) is 5.11 Å². The highest BCUT2D eigenvalue weighted by molar-refractivity contribution is 4.87. The van der Waals surface area contributed by atoms with E-state index in [-0.39, 0.29) is 17.8 Å². The van der Waals surface area contributed by atoms with Crippen LogP contribution in [0.2, 0.25) is 0 Å². The second kappa shape index (κ2) is 4.14. The average Bonchev–Trinajstić information content (AvgIpc) is 2.24. The van der Waals surface area contributed by atoms with Gasteiger partial charge in [-0.3, -0.25) is 0 Å². The van der Waals surface area contributed by atoms with Gasteiger partial charge in [0.25, 0.3) is 0 Å². The van der Waals surface area contributed by atoms with Gasteiger partial charge in [0.15, 0.2) is 6.29 Å². The lowest BCUT2D eigenvalue weighted by atomic mass is 10.1. The number of aliphatic hydroxyl groups excluding tert-OH is 1. The first-order chi connectivity index (χ1) is 6.35. The molecule has 4 heteroatoms. The van der Waals surface area contributed by atoms with Gasteiger partial charge in [0.05, 0.1) is 11.7 Å². The zero-order valence-corrected chi connectivity index (χ0v) is 9.48. The van der Waals surface area contributed by atoms with Crippen LogP contribution in [0.15, 0.2) is 0 Å². The van der Waals surface area contributed by atoms with Crippen molar-refractivity contribution in [1.29, 1.82) is 0 Å². The van der Waals surface area contributed by atoms with E-state index in [0.717, 1.165) is 0 Å². The Hall–Kier alpha value is -0.160. The van der Waals surface area contributed by atoms with Crippen LogP contribution >= 0.6 is 0 Å². The van der Waals surface area contributed by atoms with Crippen LogP contribution in [-0.4, -0.2) is 42.4 Å². The summed E-state index contributed by atoms with van der Waals surface area (Å²) in [6.45, 7) is 7.68. The van der Waals surface area contributed by atoms with Crippen molar-refractivity contribution >= 4 is 0 Å². The first-order valence-electron chi connectivity index (χ1n) is 4.89. The molecular formula is C10H20O4. The summed E-state index contributed by atoms with van der Waals surface area (Å²) in [5.74, 6) is 0. The number of methoxy groups -OCH3 is 1. The molecule has 0 aromatic rings. The Balaban J connectivity index is 2.65. The van der Waals surface area contributed by atoms with Gasteiger partial charge in [-0.2, -0.15) is 0 Å². The predicted octanol–water partition coefficient (Wildman–Crippen LogP) is 0.922. The zero-order chi connectivity index (χ0) is 10.9. The van der Waals surface area contributed by atoms with Gasteiger partial charge in [-0.1, -0.05) is 0 Å². The van der Waals surface area contributed by atoms with E-state index in [4.69, 9.17) is 14.2 Å². The highest BCUT2D eigenvalue weighted by Crippen LogP contribution is 2.27. The molecule has 1 saturated heterocycles. The SMILES string of the molecule is COC1C(C)OC(O)C1OC(C)(C)C. The molecule has 1 fully saturated rings. The third-order valence-electron chi connectivity index (χ3n) is 2.18. The monoisotopic (exact) mass is 204 g/mol. The molecule has 1 rings (SSSR count). The molecule has 4 nitrogen and oxygen atoms in total. The molecule has 0 amide bonds. The summed E-state index contributed by atoms with van der Waals surface area (Å²) in [5.41, 5.74) is -0.310. The lowest BCUT2D eigenvalue weighted by molar-refractivity contribution is -0.176. The lowest BCUT2D eigenvalue weighted by Gasteiger charge is -2.28. The van der Waals surface area contributed by atoms with E-state index < -0.39 is 12.4 Å². The van der Waals surface area contributed by atoms with Crippen molar-refractivity contribution in [1.82, 2.24) is 0 Å². The number of hydrogen-bond acceptors (Lipinski definition) is 4. The molecule has 0 bridgehead atoms. The zero-order valence-electron chi connectivity index (χ0n) is 9.48. The molecule has 0 spiro atoms. The maximum atomic E-state index is 9.60. The van der Waals surface area contributed by atoms with Gasteiger partial charge in [0.2, 0.25) is 0 Å². The van der Waals surface area contributed by atoms with Crippen LogP contribution in [0.1, 0.15) is 27.7 Å². The average molecular weight is 204 g/mol. The molecule has 0 aromatic heterocycles. The fourth-order valence-corrected chi connectivity index (χ4v) is 1.66. The van der Waals surface area contributed by atoms with Gasteiger partial charge in [-0.25, -0.2) is 0 Å². The molecule has 0 aromatic carbocycles. The molecule has 1 aliphatic heterocycles. The van der Waals surface area contributed by atoms with E-state index in [1.807, 2.05) is 27.7 Å². The van der Waals surface area contributed by atoms with Crippen LogP contribution < -0.4 is 0 Å². The normalized spacial score (nSPS) is 39.0. The Morgan fingerprint density at radius 2 is 1.79 bits per heavy atom. The molecule has 1 heterocycles. The lowest BCUT2D eigenvalue weighted by Crippen LogP contribution is -2.41. The minimum absolute atomic E-state index is 0.137. The van der Waals surface area contributed by atoms with Gasteiger partial charge in [0, 0.05) is 7.11 Å². The van der Waals surface area contributed by atoms with E-state index in [1.54, 1.807) is 7.11 Å². The van der Waals surface area contributed by atoms with Crippen molar-refractivity contribution in [3.8, 4) is 0 Å². The van der Waals surface area contributed by atoms with Gasteiger partial charge in [-0.05, 0) is 27.7 Å². The van der Waals surface area contributed by atoms with Crippen LogP contribution in [0, 0.1) is 0 Å². The topological polar surface area (TPSA) is 47.9 Å².